The molecule has 8 nitrogen and oxygen atoms in total. The minimum atomic E-state index is -0.896. The normalized spacial score (nSPS) is 16.8. The van der Waals surface area contributed by atoms with E-state index in [-0.39, 0.29) is 17.4 Å². The maximum atomic E-state index is 12.0. The van der Waals surface area contributed by atoms with Gasteiger partial charge in [0.2, 0.25) is 0 Å². The van der Waals surface area contributed by atoms with Crippen LogP contribution in [0.2, 0.25) is 0 Å². The highest BCUT2D eigenvalue weighted by molar-refractivity contribution is 5.95. The van der Waals surface area contributed by atoms with Gasteiger partial charge in [0.25, 0.3) is 11.6 Å². The Morgan fingerprint density at radius 3 is 2.91 bits per heavy atom. The molecule has 1 aromatic carbocycles. The fraction of sp³-hybridized carbons (Fsp3) is 0.467. The molecule has 0 aromatic heterocycles. The molecule has 0 spiro atoms. The number of nitro groups is 1. The minimum Gasteiger partial charge on any atom is -0.452 e. The Morgan fingerprint density at radius 1 is 1.48 bits per heavy atom. The van der Waals surface area contributed by atoms with Crippen molar-refractivity contribution in [1.82, 2.24) is 5.32 Å². The maximum absolute atomic E-state index is 12.0. The van der Waals surface area contributed by atoms with E-state index < -0.39 is 23.4 Å². The number of hydrogen-bond donors (Lipinski definition) is 1. The van der Waals surface area contributed by atoms with Gasteiger partial charge in [-0.25, -0.2) is 4.79 Å². The Balaban J connectivity index is 1.88. The standard InChI is InChI=1S/C15H18N2O6/c1-10-4-2-6-12(14(10)17(20)21)15(19)23-9-13(18)16-8-11-5-3-7-22-11/h2,4,6,11H,3,5,7-9H2,1H3,(H,16,18)/t11-/m0/s1. The van der Waals surface area contributed by atoms with E-state index in [2.05, 4.69) is 5.32 Å². The first-order valence-corrected chi connectivity index (χ1v) is 7.28. The van der Waals surface area contributed by atoms with Crippen molar-refractivity contribution in [3.05, 3.63) is 39.4 Å². The molecule has 0 saturated carbocycles. The molecule has 0 unspecified atom stereocenters. The molecule has 0 aliphatic carbocycles. The number of nitrogens with zero attached hydrogens (tertiary/aromatic N) is 1. The zero-order valence-electron chi connectivity index (χ0n) is 12.7. The van der Waals surface area contributed by atoms with E-state index in [0.29, 0.717) is 18.7 Å². The number of ether oxygens (including phenoxy) is 2. The van der Waals surface area contributed by atoms with Crippen LogP contribution in [0.3, 0.4) is 0 Å². The van der Waals surface area contributed by atoms with Crippen LogP contribution in [-0.2, 0) is 14.3 Å². The number of esters is 1. The van der Waals surface area contributed by atoms with E-state index >= 15 is 0 Å². The first-order valence-electron chi connectivity index (χ1n) is 7.28. The highest BCUT2D eigenvalue weighted by Gasteiger charge is 2.24. The Labute approximate surface area is 132 Å². The van der Waals surface area contributed by atoms with Crippen molar-refractivity contribution in [3.63, 3.8) is 0 Å². The van der Waals surface area contributed by atoms with Crippen molar-refractivity contribution >= 4 is 17.6 Å². The first kappa shape index (κ1) is 16.9. The predicted octanol–water partition coefficient (Wildman–Crippen LogP) is 1.36. The zero-order chi connectivity index (χ0) is 16.8. The second kappa shape index (κ2) is 7.68. The molecular weight excluding hydrogens is 304 g/mol. The quantitative estimate of drug-likeness (QED) is 0.481. The number of amides is 1. The van der Waals surface area contributed by atoms with Gasteiger partial charge in [-0.1, -0.05) is 12.1 Å². The Bertz CT molecular complexity index is 610. The van der Waals surface area contributed by atoms with Crippen LogP contribution in [0.4, 0.5) is 5.69 Å². The molecular formula is C15H18N2O6. The summed E-state index contributed by atoms with van der Waals surface area (Å²) in [6, 6.07) is 4.36. The molecule has 1 aromatic rings. The van der Waals surface area contributed by atoms with Crippen LogP contribution in [0, 0.1) is 17.0 Å². The van der Waals surface area contributed by atoms with Gasteiger partial charge in [-0.05, 0) is 25.8 Å². The molecule has 2 rings (SSSR count). The fourth-order valence-electron chi connectivity index (χ4n) is 2.36. The van der Waals surface area contributed by atoms with E-state index in [9.17, 15) is 19.7 Å². The number of nitro benzene ring substituents is 1. The van der Waals surface area contributed by atoms with Crippen molar-refractivity contribution in [3.8, 4) is 0 Å². The summed E-state index contributed by atoms with van der Waals surface area (Å²) in [4.78, 5) is 34.0. The van der Waals surface area contributed by atoms with Crippen LogP contribution in [0.15, 0.2) is 18.2 Å². The average molecular weight is 322 g/mol. The van der Waals surface area contributed by atoms with Crippen LogP contribution in [0.1, 0.15) is 28.8 Å². The van der Waals surface area contributed by atoms with Crippen molar-refractivity contribution in [2.75, 3.05) is 19.8 Å². The van der Waals surface area contributed by atoms with Crippen LogP contribution in [0.25, 0.3) is 0 Å². The summed E-state index contributed by atoms with van der Waals surface area (Å²) in [7, 11) is 0. The number of benzene rings is 1. The third kappa shape index (κ3) is 4.49. The van der Waals surface area contributed by atoms with Crippen LogP contribution >= 0.6 is 0 Å². The van der Waals surface area contributed by atoms with Gasteiger partial charge in [0.1, 0.15) is 5.56 Å². The highest BCUT2D eigenvalue weighted by Crippen LogP contribution is 2.23. The van der Waals surface area contributed by atoms with Crippen molar-refractivity contribution in [2.24, 2.45) is 0 Å². The van der Waals surface area contributed by atoms with Gasteiger partial charge in [-0.3, -0.25) is 14.9 Å². The monoisotopic (exact) mass is 322 g/mol. The number of aryl methyl sites for hydroxylation is 1. The second-order valence-corrected chi connectivity index (χ2v) is 5.24. The number of hydrogen-bond acceptors (Lipinski definition) is 6. The summed E-state index contributed by atoms with van der Waals surface area (Å²) in [5.74, 6) is -1.36. The lowest BCUT2D eigenvalue weighted by atomic mass is 10.1. The number of para-hydroxylation sites is 1. The van der Waals surface area contributed by atoms with Gasteiger partial charge < -0.3 is 14.8 Å². The molecule has 1 atom stereocenters. The lowest BCUT2D eigenvalue weighted by Crippen LogP contribution is -2.34. The lowest BCUT2D eigenvalue weighted by Gasteiger charge is -2.11. The fourth-order valence-corrected chi connectivity index (χ4v) is 2.36. The first-order chi connectivity index (χ1) is 11.0. The third-order valence-electron chi connectivity index (χ3n) is 3.53. The smallest absolute Gasteiger partial charge is 0.345 e. The Morgan fingerprint density at radius 2 is 2.26 bits per heavy atom. The molecule has 1 fully saturated rings. The zero-order valence-corrected chi connectivity index (χ0v) is 12.7. The molecule has 1 N–H and O–H groups in total. The second-order valence-electron chi connectivity index (χ2n) is 5.24. The van der Waals surface area contributed by atoms with E-state index in [0.717, 1.165) is 12.8 Å². The number of carbonyl (C=O) groups is 2. The van der Waals surface area contributed by atoms with E-state index in [1.54, 1.807) is 0 Å². The van der Waals surface area contributed by atoms with Crippen LogP contribution < -0.4 is 5.32 Å². The van der Waals surface area contributed by atoms with Gasteiger partial charge in [0.05, 0.1) is 11.0 Å². The van der Waals surface area contributed by atoms with Gasteiger partial charge in [0.15, 0.2) is 6.61 Å². The third-order valence-corrected chi connectivity index (χ3v) is 3.53. The Kier molecular flexibility index (Phi) is 5.64. The largest absolute Gasteiger partial charge is 0.452 e. The number of carbonyl (C=O) groups excluding carboxylic acids is 2. The van der Waals surface area contributed by atoms with Crippen molar-refractivity contribution < 1.29 is 24.0 Å². The predicted molar refractivity (Wildman–Crippen MR) is 80.1 cm³/mol. The van der Waals surface area contributed by atoms with Crippen LogP contribution in [0.5, 0.6) is 0 Å². The Hall–Kier alpha value is -2.48. The molecule has 0 bridgehead atoms. The molecule has 1 aliphatic heterocycles. The topological polar surface area (TPSA) is 108 Å². The molecule has 1 saturated heterocycles. The SMILES string of the molecule is Cc1cccc(C(=O)OCC(=O)NC[C@@H]2CCCO2)c1[N+](=O)[O-]. The summed E-state index contributed by atoms with van der Waals surface area (Å²) in [6.45, 7) is 2.09. The number of nitrogens with one attached hydrogen (secondary N) is 1. The van der Waals surface area contributed by atoms with E-state index in [4.69, 9.17) is 9.47 Å². The molecule has 1 amide bonds. The lowest BCUT2D eigenvalue weighted by molar-refractivity contribution is -0.385. The van der Waals surface area contributed by atoms with Gasteiger partial charge >= 0.3 is 5.97 Å². The van der Waals surface area contributed by atoms with Gasteiger partial charge in [0, 0.05) is 18.7 Å². The van der Waals surface area contributed by atoms with Gasteiger partial charge in [-0.15, -0.1) is 0 Å². The summed E-state index contributed by atoms with van der Waals surface area (Å²) < 4.78 is 10.2. The maximum Gasteiger partial charge on any atom is 0.345 e. The highest BCUT2D eigenvalue weighted by atomic mass is 16.6. The van der Waals surface area contributed by atoms with Crippen molar-refractivity contribution in [1.29, 1.82) is 0 Å². The van der Waals surface area contributed by atoms with Gasteiger partial charge in [-0.2, -0.15) is 0 Å². The minimum absolute atomic E-state index is 0.00693. The summed E-state index contributed by atoms with van der Waals surface area (Å²) in [5.41, 5.74) is -0.119. The van der Waals surface area contributed by atoms with Crippen LogP contribution in [-0.4, -0.2) is 42.7 Å². The molecule has 8 heteroatoms. The number of rotatable bonds is 6. The molecule has 23 heavy (non-hydrogen) atoms. The molecule has 1 heterocycles. The average Bonchev–Trinajstić information content (AvgIpc) is 3.03. The molecule has 1 aliphatic rings. The summed E-state index contributed by atoms with van der Waals surface area (Å²) in [5, 5.41) is 13.6. The molecule has 124 valence electrons. The van der Waals surface area contributed by atoms with E-state index in [1.165, 1.54) is 25.1 Å². The van der Waals surface area contributed by atoms with Crippen molar-refractivity contribution in [2.45, 2.75) is 25.9 Å². The van der Waals surface area contributed by atoms with E-state index in [1.807, 2.05) is 0 Å². The summed E-state index contributed by atoms with van der Waals surface area (Å²) in [6.07, 6.45) is 1.84. The molecule has 0 radical (unpaired) electrons. The summed E-state index contributed by atoms with van der Waals surface area (Å²) >= 11 is 0.